The molecule has 2 aliphatic rings. The lowest BCUT2D eigenvalue weighted by Gasteiger charge is -2.30. The summed E-state index contributed by atoms with van der Waals surface area (Å²) >= 11 is 0. The number of nitrogens with zero attached hydrogens (tertiary/aromatic N) is 3. The molecule has 1 fully saturated rings. The highest BCUT2D eigenvalue weighted by Crippen LogP contribution is 2.35. The first-order chi connectivity index (χ1) is 11.8. The van der Waals surface area contributed by atoms with E-state index in [1.54, 1.807) is 4.90 Å². The molecule has 9 heteroatoms. The lowest BCUT2D eigenvalue weighted by atomic mass is 9.90. The van der Waals surface area contributed by atoms with Crippen molar-refractivity contribution in [3.05, 3.63) is 28.3 Å². The van der Waals surface area contributed by atoms with Gasteiger partial charge in [0.15, 0.2) is 6.61 Å². The van der Waals surface area contributed by atoms with E-state index < -0.39 is 10.8 Å². The molecular formula is C16H20N4O5. The van der Waals surface area contributed by atoms with Gasteiger partial charge in [-0.1, -0.05) is 6.92 Å². The van der Waals surface area contributed by atoms with Crippen LogP contribution in [0, 0.1) is 15.5 Å². The molecular weight excluding hydrogens is 328 g/mol. The summed E-state index contributed by atoms with van der Waals surface area (Å²) < 4.78 is 5.30. The SMILES string of the molecule is CC1(CN)CCN(C(=O)CN2C(=O)COc3ccc([N+](=O)[O-])cc32)C1. The van der Waals surface area contributed by atoms with Crippen LogP contribution in [0.2, 0.25) is 0 Å². The van der Waals surface area contributed by atoms with E-state index in [9.17, 15) is 19.7 Å². The fourth-order valence-corrected chi connectivity index (χ4v) is 3.12. The fourth-order valence-electron chi connectivity index (χ4n) is 3.12. The molecule has 0 bridgehead atoms. The molecule has 1 aromatic carbocycles. The maximum Gasteiger partial charge on any atom is 0.271 e. The van der Waals surface area contributed by atoms with Gasteiger partial charge in [-0.05, 0) is 24.4 Å². The third-order valence-corrected chi connectivity index (χ3v) is 4.79. The Morgan fingerprint density at radius 1 is 1.48 bits per heavy atom. The highest BCUT2D eigenvalue weighted by molar-refractivity contribution is 6.02. The summed E-state index contributed by atoms with van der Waals surface area (Å²) in [6.07, 6.45) is 0.814. The summed E-state index contributed by atoms with van der Waals surface area (Å²) in [5.41, 5.74) is 5.74. The van der Waals surface area contributed by atoms with Crippen LogP contribution in [0.3, 0.4) is 0 Å². The van der Waals surface area contributed by atoms with Crippen LogP contribution in [0.1, 0.15) is 13.3 Å². The second-order valence-corrected chi connectivity index (χ2v) is 6.76. The second kappa shape index (κ2) is 6.32. The van der Waals surface area contributed by atoms with Gasteiger partial charge in [-0.25, -0.2) is 0 Å². The quantitative estimate of drug-likeness (QED) is 0.626. The van der Waals surface area contributed by atoms with Crippen molar-refractivity contribution in [2.45, 2.75) is 13.3 Å². The van der Waals surface area contributed by atoms with Crippen molar-refractivity contribution in [3.63, 3.8) is 0 Å². The Morgan fingerprint density at radius 2 is 2.24 bits per heavy atom. The van der Waals surface area contributed by atoms with E-state index in [-0.39, 0.29) is 35.8 Å². The van der Waals surface area contributed by atoms with Crippen molar-refractivity contribution in [3.8, 4) is 5.75 Å². The van der Waals surface area contributed by atoms with E-state index in [0.29, 0.717) is 25.4 Å². The summed E-state index contributed by atoms with van der Waals surface area (Å²) in [5.74, 6) is -0.252. The third kappa shape index (κ3) is 3.27. The van der Waals surface area contributed by atoms with Crippen LogP contribution in [0.5, 0.6) is 5.75 Å². The number of nitrogens with two attached hydrogens (primary N) is 1. The molecule has 0 spiro atoms. The molecule has 0 saturated carbocycles. The minimum Gasteiger partial charge on any atom is -0.482 e. The van der Waals surface area contributed by atoms with Crippen LogP contribution in [0.4, 0.5) is 11.4 Å². The number of likely N-dealkylation sites (tertiary alicyclic amines) is 1. The molecule has 134 valence electrons. The Hall–Kier alpha value is -2.68. The summed E-state index contributed by atoms with van der Waals surface area (Å²) in [5, 5.41) is 11.0. The number of amides is 2. The van der Waals surface area contributed by atoms with E-state index in [0.717, 1.165) is 6.42 Å². The standard InChI is InChI=1S/C16H20N4O5/c1-16(9-17)4-5-18(10-16)14(21)7-19-12-6-11(20(23)24)2-3-13(12)25-8-15(19)22/h2-3,6H,4-5,7-10,17H2,1H3. The molecule has 2 aliphatic heterocycles. The number of hydrogen-bond acceptors (Lipinski definition) is 6. The Labute approximate surface area is 144 Å². The van der Waals surface area contributed by atoms with Crippen molar-refractivity contribution in [1.29, 1.82) is 0 Å². The van der Waals surface area contributed by atoms with Gasteiger partial charge in [-0.3, -0.25) is 24.6 Å². The van der Waals surface area contributed by atoms with E-state index in [4.69, 9.17) is 10.5 Å². The first kappa shape index (κ1) is 17.2. The zero-order valence-electron chi connectivity index (χ0n) is 13.9. The predicted octanol–water partition coefficient (Wildman–Crippen LogP) is 0.518. The predicted molar refractivity (Wildman–Crippen MR) is 89.3 cm³/mol. The summed E-state index contributed by atoms with van der Waals surface area (Å²) in [6, 6.07) is 4.01. The average molecular weight is 348 g/mol. The van der Waals surface area contributed by atoms with Crippen LogP contribution in [0.25, 0.3) is 0 Å². The van der Waals surface area contributed by atoms with Gasteiger partial charge in [-0.15, -0.1) is 0 Å². The van der Waals surface area contributed by atoms with Gasteiger partial charge >= 0.3 is 0 Å². The number of hydrogen-bond donors (Lipinski definition) is 1. The highest BCUT2D eigenvalue weighted by atomic mass is 16.6. The molecule has 9 nitrogen and oxygen atoms in total. The molecule has 1 unspecified atom stereocenters. The van der Waals surface area contributed by atoms with Gasteiger partial charge in [0, 0.05) is 25.2 Å². The number of carbonyl (C=O) groups is 2. The van der Waals surface area contributed by atoms with Gasteiger partial charge < -0.3 is 15.4 Å². The van der Waals surface area contributed by atoms with Crippen molar-refractivity contribution >= 4 is 23.2 Å². The lowest BCUT2D eigenvalue weighted by Crippen LogP contribution is -2.46. The molecule has 2 amide bonds. The van der Waals surface area contributed by atoms with E-state index >= 15 is 0 Å². The smallest absolute Gasteiger partial charge is 0.271 e. The molecule has 1 saturated heterocycles. The summed E-state index contributed by atoms with van der Waals surface area (Å²) in [6.45, 7) is 3.28. The first-order valence-electron chi connectivity index (χ1n) is 8.02. The topological polar surface area (TPSA) is 119 Å². The Morgan fingerprint density at radius 3 is 2.88 bits per heavy atom. The number of nitro groups is 1. The minimum absolute atomic E-state index is 0.110. The van der Waals surface area contributed by atoms with E-state index in [1.807, 2.05) is 6.92 Å². The van der Waals surface area contributed by atoms with Crippen LogP contribution in [0.15, 0.2) is 18.2 Å². The summed E-state index contributed by atoms with van der Waals surface area (Å²) in [4.78, 5) is 38.2. The molecule has 25 heavy (non-hydrogen) atoms. The zero-order valence-corrected chi connectivity index (χ0v) is 13.9. The molecule has 2 N–H and O–H groups in total. The second-order valence-electron chi connectivity index (χ2n) is 6.76. The molecule has 0 aliphatic carbocycles. The van der Waals surface area contributed by atoms with Crippen molar-refractivity contribution in [1.82, 2.24) is 4.90 Å². The average Bonchev–Trinajstić information content (AvgIpc) is 3.00. The number of non-ortho nitro benzene ring substituents is 1. The van der Waals surface area contributed by atoms with Crippen LogP contribution >= 0.6 is 0 Å². The van der Waals surface area contributed by atoms with Gasteiger partial charge in [-0.2, -0.15) is 0 Å². The van der Waals surface area contributed by atoms with Crippen molar-refractivity contribution in [2.24, 2.45) is 11.1 Å². The van der Waals surface area contributed by atoms with Gasteiger partial charge in [0.1, 0.15) is 12.3 Å². The number of rotatable bonds is 4. The Kier molecular flexibility index (Phi) is 4.34. The molecule has 1 aromatic rings. The van der Waals surface area contributed by atoms with Crippen LogP contribution in [-0.4, -0.2) is 54.4 Å². The fraction of sp³-hybridized carbons (Fsp3) is 0.500. The first-order valence-corrected chi connectivity index (χ1v) is 8.02. The van der Waals surface area contributed by atoms with Crippen LogP contribution in [-0.2, 0) is 9.59 Å². The molecule has 3 rings (SSSR count). The number of ether oxygens (including phenoxy) is 1. The highest BCUT2D eigenvalue weighted by Gasteiger charge is 2.37. The molecule has 1 atom stereocenters. The molecule has 2 heterocycles. The number of anilines is 1. The largest absolute Gasteiger partial charge is 0.482 e. The number of nitro benzene ring substituents is 1. The van der Waals surface area contributed by atoms with Gasteiger partial charge in [0.25, 0.3) is 11.6 Å². The van der Waals surface area contributed by atoms with E-state index in [1.165, 1.54) is 23.1 Å². The van der Waals surface area contributed by atoms with Crippen LogP contribution < -0.4 is 15.4 Å². The number of carbonyl (C=O) groups excluding carboxylic acids is 2. The number of benzene rings is 1. The van der Waals surface area contributed by atoms with Gasteiger partial charge in [0.2, 0.25) is 5.91 Å². The molecule has 0 radical (unpaired) electrons. The van der Waals surface area contributed by atoms with Gasteiger partial charge in [0.05, 0.1) is 10.6 Å². The number of fused-ring (bicyclic) bond motifs is 1. The summed E-state index contributed by atoms with van der Waals surface area (Å²) in [7, 11) is 0. The molecule has 0 aromatic heterocycles. The van der Waals surface area contributed by atoms with Crippen molar-refractivity contribution < 1.29 is 19.2 Å². The van der Waals surface area contributed by atoms with E-state index in [2.05, 4.69) is 0 Å². The minimum atomic E-state index is -0.549. The Bertz CT molecular complexity index is 737. The monoisotopic (exact) mass is 348 g/mol. The third-order valence-electron chi connectivity index (χ3n) is 4.79. The maximum atomic E-state index is 12.6. The maximum absolute atomic E-state index is 12.6. The lowest BCUT2D eigenvalue weighted by molar-refractivity contribution is -0.384. The van der Waals surface area contributed by atoms with Crippen molar-refractivity contribution in [2.75, 3.05) is 37.7 Å². The zero-order chi connectivity index (χ0) is 18.2. The normalized spacial score (nSPS) is 22.6. The Balaban J connectivity index is 1.81.